The lowest BCUT2D eigenvalue weighted by molar-refractivity contribution is 0.967. The molecule has 0 unspecified atom stereocenters. The molecule has 0 atom stereocenters. The first kappa shape index (κ1) is 19.3. The number of anilines is 2. The molecule has 0 amide bonds. The molecule has 33 heavy (non-hydrogen) atoms. The molecule has 1 fully saturated rings. The van der Waals surface area contributed by atoms with Crippen LogP contribution in [-0.4, -0.2) is 16.0 Å². The molecule has 2 aromatic heterocycles. The lowest BCUT2D eigenvalue weighted by atomic mass is 9.93. The zero-order valence-corrected chi connectivity index (χ0v) is 18.1. The number of nitrogens with zero attached hydrogens (tertiary/aromatic N) is 3. The van der Waals surface area contributed by atoms with E-state index in [0.29, 0.717) is 11.6 Å². The summed E-state index contributed by atoms with van der Waals surface area (Å²) < 4.78 is 0. The predicted molar refractivity (Wildman–Crippen MR) is 133 cm³/mol. The van der Waals surface area contributed by atoms with E-state index >= 15 is 0 Å². The van der Waals surface area contributed by atoms with Crippen molar-refractivity contribution in [3.05, 3.63) is 103 Å². The first-order valence-electron chi connectivity index (χ1n) is 11.2. The van der Waals surface area contributed by atoms with Crippen molar-refractivity contribution in [2.75, 3.05) is 4.90 Å². The van der Waals surface area contributed by atoms with Crippen LogP contribution in [0.5, 0.6) is 0 Å². The van der Waals surface area contributed by atoms with Crippen molar-refractivity contribution in [1.29, 1.82) is 5.26 Å². The summed E-state index contributed by atoms with van der Waals surface area (Å²) in [5.41, 5.74) is 8.09. The van der Waals surface area contributed by atoms with Gasteiger partial charge in [-0.2, -0.15) is 5.26 Å². The number of nitriles is 1. The lowest BCUT2D eigenvalue weighted by Gasteiger charge is -2.29. The van der Waals surface area contributed by atoms with Gasteiger partial charge < -0.3 is 9.88 Å². The van der Waals surface area contributed by atoms with Crippen molar-refractivity contribution in [2.45, 2.75) is 18.9 Å². The summed E-state index contributed by atoms with van der Waals surface area (Å²) in [5, 5.41) is 11.3. The van der Waals surface area contributed by atoms with E-state index in [2.05, 4.69) is 93.7 Å². The molecule has 1 aliphatic carbocycles. The van der Waals surface area contributed by atoms with E-state index in [9.17, 15) is 5.26 Å². The van der Waals surface area contributed by atoms with Gasteiger partial charge in [-0.25, -0.2) is 0 Å². The standard InChI is InChI=1S/C29H22N4/c30-17-22-18-31-19-27(26-9-5-4-8-25(26)20-6-2-1-3-7-20)29(22)33(23-10-11-23)24-12-13-28-21(16-24)14-15-32-28/h1-9,12-16,18-19,23,32H,10-11H2. The molecule has 1 saturated carbocycles. The van der Waals surface area contributed by atoms with Crippen LogP contribution in [-0.2, 0) is 0 Å². The van der Waals surface area contributed by atoms with Crippen molar-refractivity contribution >= 4 is 22.3 Å². The normalized spacial score (nSPS) is 13.1. The molecule has 1 N–H and O–H groups in total. The molecule has 158 valence electrons. The zero-order chi connectivity index (χ0) is 22.2. The van der Waals surface area contributed by atoms with Crippen molar-refractivity contribution < 1.29 is 0 Å². The Balaban J connectivity index is 1.59. The molecule has 6 rings (SSSR count). The topological polar surface area (TPSA) is 55.7 Å². The van der Waals surface area contributed by atoms with Gasteiger partial charge in [-0.05, 0) is 53.8 Å². The quantitative estimate of drug-likeness (QED) is 0.327. The number of hydrogen-bond acceptors (Lipinski definition) is 3. The number of benzene rings is 3. The van der Waals surface area contributed by atoms with E-state index in [1.165, 1.54) is 0 Å². The number of nitrogens with one attached hydrogen (secondary N) is 1. The molecule has 5 aromatic rings. The van der Waals surface area contributed by atoms with E-state index in [1.807, 2.05) is 18.5 Å². The molecule has 3 aromatic carbocycles. The first-order chi connectivity index (χ1) is 16.3. The Bertz CT molecular complexity index is 1490. The summed E-state index contributed by atoms with van der Waals surface area (Å²) in [4.78, 5) is 10.1. The fraction of sp³-hybridized carbons (Fsp3) is 0.103. The largest absolute Gasteiger partial charge is 0.361 e. The Labute approximate surface area is 192 Å². The smallest absolute Gasteiger partial charge is 0.103 e. The minimum absolute atomic E-state index is 0.374. The van der Waals surface area contributed by atoms with Gasteiger partial charge in [0.15, 0.2) is 0 Å². The van der Waals surface area contributed by atoms with E-state index in [0.717, 1.165) is 57.4 Å². The summed E-state index contributed by atoms with van der Waals surface area (Å²) >= 11 is 0. The third-order valence-electron chi connectivity index (χ3n) is 6.31. The van der Waals surface area contributed by atoms with Crippen molar-refractivity contribution in [1.82, 2.24) is 9.97 Å². The molecule has 0 saturated heterocycles. The van der Waals surface area contributed by atoms with E-state index in [1.54, 1.807) is 6.20 Å². The Kier molecular flexibility index (Phi) is 4.66. The fourth-order valence-corrected chi connectivity index (χ4v) is 4.63. The van der Waals surface area contributed by atoms with Gasteiger partial charge in [-0.3, -0.25) is 4.98 Å². The number of pyridine rings is 1. The highest BCUT2D eigenvalue weighted by Gasteiger charge is 2.34. The number of aromatic amines is 1. The van der Waals surface area contributed by atoms with Crippen molar-refractivity contribution in [3.63, 3.8) is 0 Å². The van der Waals surface area contributed by atoms with Gasteiger partial charge in [0.05, 0.1) is 11.3 Å². The third-order valence-corrected chi connectivity index (χ3v) is 6.31. The van der Waals surface area contributed by atoms with Gasteiger partial charge >= 0.3 is 0 Å². The molecule has 4 nitrogen and oxygen atoms in total. The van der Waals surface area contributed by atoms with Crippen molar-refractivity contribution in [3.8, 4) is 28.3 Å². The van der Waals surface area contributed by atoms with E-state index in [4.69, 9.17) is 0 Å². The Morgan fingerprint density at radius 2 is 1.64 bits per heavy atom. The van der Waals surface area contributed by atoms with Gasteiger partial charge in [0.1, 0.15) is 6.07 Å². The van der Waals surface area contributed by atoms with Gasteiger partial charge in [0.25, 0.3) is 0 Å². The maximum Gasteiger partial charge on any atom is 0.103 e. The predicted octanol–water partition coefficient (Wildman–Crippen LogP) is 7.07. The molecule has 1 aliphatic rings. The summed E-state index contributed by atoms with van der Waals surface area (Å²) in [5.74, 6) is 0. The summed E-state index contributed by atoms with van der Waals surface area (Å²) in [6.45, 7) is 0. The van der Waals surface area contributed by atoms with Crippen LogP contribution in [0.25, 0.3) is 33.2 Å². The van der Waals surface area contributed by atoms with Gasteiger partial charge in [-0.1, -0.05) is 54.6 Å². The van der Waals surface area contributed by atoms with Gasteiger partial charge in [0.2, 0.25) is 0 Å². The van der Waals surface area contributed by atoms with Crippen LogP contribution in [0.15, 0.2) is 97.5 Å². The second-order valence-electron chi connectivity index (χ2n) is 8.46. The number of H-pyrrole nitrogens is 1. The Morgan fingerprint density at radius 1 is 0.848 bits per heavy atom. The maximum absolute atomic E-state index is 10.1. The minimum Gasteiger partial charge on any atom is -0.361 e. The second-order valence-corrected chi connectivity index (χ2v) is 8.46. The van der Waals surface area contributed by atoms with Crippen LogP contribution in [0, 0.1) is 11.3 Å². The van der Waals surface area contributed by atoms with Crippen LogP contribution in [0.1, 0.15) is 18.4 Å². The molecule has 0 radical (unpaired) electrons. The number of aromatic nitrogens is 2. The average Bonchev–Trinajstić information content (AvgIpc) is 3.60. The zero-order valence-electron chi connectivity index (χ0n) is 18.1. The van der Waals surface area contributed by atoms with Crippen molar-refractivity contribution in [2.24, 2.45) is 0 Å². The molecule has 4 heteroatoms. The second kappa shape index (κ2) is 7.96. The first-order valence-corrected chi connectivity index (χ1v) is 11.2. The average molecular weight is 427 g/mol. The molecule has 0 aliphatic heterocycles. The number of fused-ring (bicyclic) bond motifs is 1. The third kappa shape index (κ3) is 3.44. The summed E-state index contributed by atoms with van der Waals surface area (Å²) in [7, 11) is 0. The molecular weight excluding hydrogens is 404 g/mol. The minimum atomic E-state index is 0.374. The Hall–Kier alpha value is -4.36. The summed E-state index contributed by atoms with van der Waals surface area (Å²) in [6.07, 6.45) is 7.77. The van der Waals surface area contributed by atoms with Crippen LogP contribution in [0.3, 0.4) is 0 Å². The molecule has 0 bridgehead atoms. The maximum atomic E-state index is 10.1. The fourth-order valence-electron chi connectivity index (χ4n) is 4.63. The van der Waals surface area contributed by atoms with Crippen LogP contribution in [0.2, 0.25) is 0 Å². The Morgan fingerprint density at radius 3 is 2.42 bits per heavy atom. The highest BCUT2D eigenvalue weighted by Crippen LogP contribution is 2.46. The monoisotopic (exact) mass is 426 g/mol. The number of rotatable bonds is 5. The molecule has 0 spiro atoms. The van der Waals surface area contributed by atoms with E-state index < -0.39 is 0 Å². The SMILES string of the molecule is N#Cc1cncc(-c2ccccc2-c2ccccc2)c1N(c1ccc2[nH]ccc2c1)C1CC1. The summed E-state index contributed by atoms with van der Waals surface area (Å²) in [6, 6.07) is 30.1. The van der Waals surface area contributed by atoms with Crippen LogP contribution >= 0.6 is 0 Å². The number of hydrogen-bond donors (Lipinski definition) is 1. The van der Waals surface area contributed by atoms with Gasteiger partial charge in [0, 0.05) is 46.8 Å². The van der Waals surface area contributed by atoms with Crippen LogP contribution in [0.4, 0.5) is 11.4 Å². The van der Waals surface area contributed by atoms with E-state index in [-0.39, 0.29) is 0 Å². The van der Waals surface area contributed by atoms with Gasteiger partial charge in [-0.15, -0.1) is 0 Å². The highest BCUT2D eigenvalue weighted by atomic mass is 15.2. The molecule has 2 heterocycles. The molecular formula is C29H22N4. The highest BCUT2D eigenvalue weighted by molar-refractivity contribution is 5.94. The lowest BCUT2D eigenvalue weighted by Crippen LogP contribution is -2.21. The van der Waals surface area contributed by atoms with Crippen LogP contribution < -0.4 is 4.90 Å².